The molecule has 0 aliphatic carbocycles. The Hall–Kier alpha value is -0.570. The van der Waals surface area contributed by atoms with Crippen molar-refractivity contribution < 1.29 is 4.79 Å². The first-order valence-electron chi connectivity index (χ1n) is 3.04. The predicted molar refractivity (Wildman–Crippen MR) is 35.1 cm³/mol. The van der Waals surface area contributed by atoms with Gasteiger partial charge in [-0.05, 0) is 7.05 Å². The zero-order valence-corrected chi connectivity index (χ0v) is 6.09. The highest BCUT2D eigenvalue weighted by Gasteiger charge is 2.37. The van der Waals surface area contributed by atoms with Crippen LogP contribution in [-0.4, -0.2) is 49.4 Å². The zero-order chi connectivity index (χ0) is 7.02. The molecule has 2 unspecified atom stereocenters. The Morgan fingerprint density at radius 1 is 1.67 bits per heavy atom. The molecule has 1 amide bonds. The van der Waals surface area contributed by atoms with Crippen molar-refractivity contribution in [3.63, 3.8) is 0 Å². The summed E-state index contributed by atoms with van der Waals surface area (Å²) >= 11 is 0. The van der Waals surface area contributed by atoms with E-state index in [1.54, 1.807) is 19.0 Å². The van der Waals surface area contributed by atoms with Crippen LogP contribution in [0.1, 0.15) is 0 Å². The largest absolute Gasteiger partial charge is 0.347 e. The minimum atomic E-state index is 0.181. The summed E-state index contributed by atoms with van der Waals surface area (Å²) in [4.78, 5) is 14.6. The number of likely N-dealkylation sites (N-methyl/N-ethyl adjacent to an activating group) is 2. The van der Waals surface area contributed by atoms with E-state index in [1.807, 2.05) is 11.9 Å². The number of carbonyl (C=O) groups is 1. The maximum absolute atomic E-state index is 11.0. The highest BCUT2D eigenvalue weighted by molar-refractivity contribution is 5.84. The van der Waals surface area contributed by atoms with Gasteiger partial charge >= 0.3 is 0 Å². The van der Waals surface area contributed by atoms with Gasteiger partial charge in [-0.15, -0.1) is 0 Å². The summed E-state index contributed by atoms with van der Waals surface area (Å²) in [6, 6.07) is 0.181. The number of nitrogens with zero attached hydrogens (tertiary/aromatic N) is 2. The Balaban J connectivity index is 2.36. The summed E-state index contributed by atoms with van der Waals surface area (Å²) in [5.41, 5.74) is 0. The van der Waals surface area contributed by atoms with Crippen molar-refractivity contribution in [1.29, 1.82) is 0 Å². The van der Waals surface area contributed by atoms with Crippen LogP contribution in [0.15, 0.2) is 0 Å². The van der Waals surface area contributed by atoms with Gasteiger partial charge in [0.05, 0.1) is 0 Å². The van der Waals surface area contributed by atoms with Crippen LogP contribution < -0.4 is 0 Å². The molecule has 0 N–H and O–H groups in total. The van der Waals surface area contributed by atoms with Gasteiger partial charge in [0.1, 0.15) is 6.04 Å². The summed E-state index contributed by atoms with van der Waals surface area (Å²) in [5, 5.41) is 0. The van der Waals surface area contributed by atoms with E-state index in [1.165, 1.54) is 0 Å². The molecule has 1 fully saturated rings. The minimum Gasteiger partial charge on any atom is -0.347 e. The highest BCUT2D eigenvalue weighted by atomic mass is 16.2. The van der Waals surface area contributed by atoms with Gasteiger partial charge in [0.15, 0.2) is 0 Å². The normalized spacial score (nSPS) is 31.9. The third-order valence-corrected chi connectivity index (χ3v) is 1.59. The van der Waals surface area contributed by atoms with E-state index in [9.17, 15) is 4.79 Å². The van der Waals surface area contributed by atoms with E-state index in [0.717, 1.165) is 6.54 Å². The average Bonchev–Trinajstić information content (AvgIpc) is 2.44. The third kappa shape index (κ3) is 1.21. The number of amides is 1. The van der Waals surface area contributed by atoms with Crippen LogP contribution in [0.2, 0.25) is 0 Å². The Morgan fingerprint density at radius 2 is 2.11 bits per heavy atom. The number of hydrogen-bond donors (Lipinski definition) is 0. The molecule has 0 aromatic heterocycles. The molecule has 0 aromatic carbocycles. The van der Waals surface area contributed by atoms with E-state index >= 15 is 0 Å². The molecule has 1 heterocycles. The fourth-order valence-corrected chi connectivity index (χ4v) is 0.790. The Bertz CT molecular complexity index is 133. The van der Waals surface area contributed by atoms with E-state index < -0.39 is 0 Å². The highest BCUT2D eigenvalue weighted by Crippen LogP contribution is 2.14. The maximum Gasteiger partial charge on any atom is 0.240 e. The molecular formula is C6H12N2O. The van der Waals surface area contributed by atoms with Gasteiger partial charge in [-0.25, -0.2) is 0 Å². The fraction of sp³-hybridized carbons (Fsp3) is 0.833. The molecule has 1 aliphatic rings. The second kappa shape index (κ2) is 1.99. The summed E-state index contributed by atoms with van der Waals surface area (Å²) < 4.78 is 0. The fourth-order valence-electron chi connectivity index (χ4n) is 0.790. The molecule has 1 aliphatic heterocycles. The van der Waals surface area contributed by atoms with Crippen LogP contribution in [0.3, 0.4) is 0 Å². The van der Waals surface area contributed by atoms with Crippen LogP contribution in [-0.2, 0) is 4.79 Å². The molecule has 9 heavy (non-hydrogen) atoms. The van der Waals surface area contributed by atoms with Crippen molar-refractivity contribution in [2.45, 2.75) is 6.04 Å². The monoisotopic (exact) mass is 128 g/mol. The third-order valence-electron chi connectivity index (χ3n) is 1.59. The molecule has 0 saturated carbocycles. The quantitative estimate of drug-likeness (QED) is 0.440. The van der Waals surface area contributed by atoms with Crippen LogP contribution >= 0.6 is 0 Å². The van der Waals surface area contributed by atoms with Gasteiger partial charge in [-0.2, -0.15) is 0 Å². The van der Waals surface area contributed by atoms with Crippen LogP contribution in [0.5, 0.6) is 0 Å². The lowest BCUT2D eigenvalue weighted by Gasteiger charge is -2.07. The summed E-state index contributed by atoms with van der Waals surface area (Å²) in [7, 11) is 5.52. The molecule has 0 aromatic rings. The molecule has 0 radical (unpaired) electrons. The molecule has 3 heteroatoms. The van der Waals surface area contributed by atoms with Crippen molar-refractivity contribution in [1.82, 2.24) is 9.80 Å². The molecule has 0 bridgehead atoms. The second-order valence-corrected chi connectivity index (χ2v) is 2.69. The molecule has 52 valence electrons. The number of rotatable bonds is 1. The molecule has 2 atom stereocenters. The number of hydrogen-bond acceptors (Lipinski definition) is 2. The van der Waals surface area contributed by atoms with Crippen LogP contribution in [0.4, 0.5) is 0 Å². The first-order chi connectivity index (χ1) is 4.13. The molecular weight excluding hydrogens is 116 g/mol. The smallest absolute Gasteiger partial charge is 0.240 e. The first-order valence-corrected chi connectivity index (χ1v) is 3.04. The maximum atomic E-state index is 11.0. The van der Waals surface area contributed by atoms with Crippen molar-refractivity contribution >= 4 is 5.91 Å². The van der Waals surface area contributed by atoms with Gasteiger partial charge < -0.3 is 4.90 Å². The minimum absolute atomic E-state index is 0.181. The standard InChI is InChI=1S/C6H12N2O/c1-7(2)6(9)5-4-8(5)3/h5H,4H2,1-3H3. The van der Waals surface area contributed by atoms with E-state index in [2.05, 4.69) is 0 Å². The topological polar surface area (TPSA) is 23.3 Å². The lowest BCUT2D eigenvalue weighted by atomic mass is 10.4. The number of carbonyl (C=O) groups excluding carboxylic acids is 1. The van der Waals surface area contributed by atoms with Crippen molar-refractivity contribution in [2.24, 2.45) is 0 Å². The summed E-state index contributed by atoms with van der Waals surface area (Å²) in [6.07, 6.45) is 0. The second-order valence-electron chi connectivity index (χ2n) is 2.69. The lowest BCUT2D eigenvalue weighted by molar-refractivity contribution is -0.128. The van der Waals surface area contributed by atoms with Crippen molar-refractivity contribution in [2.75, 3.05) is 27.7 Å². The Morgan fingerprint density at radius 3 is 2.22 bits per heavy atom. The van der Waals surface area contributed by atoms with Gasteiger partial charge in [0.25, 0.3) is 0 Å². The SMILES string of the molecule is CN(C)C(=O)C1CN1C. The van der Waals surface area contributed by atoms with Gasteiger partial charge in [-0.3, -0.25) is 9.69 Å². The molecule has 0 spiro atoms. The van der Waals surface area contributed by atoms with E-state index in [-0.39, 0.29) is 11.9 Å². The van der Waals surface area contributed by atoms with Crippen molar-refractivity contribution in [3.8, 4) is 0 Å². The summed E-state index contributed by atoms with van der Waals surface area (Å²) in [6.45, 7) is 0.928. The Labute approximate surface area is 55.2 Å². The lowest BCUT2D eigenvalue weighted by Crippen LogP contribution is -2.28. The van der Waals surface area contributed by atoms with E-state index in [0.29, 0.717) is 0 Å². The predicted octanol–water partition coefficient (Wildman–Crippen LogP) is -0.611. The molecule has 3 nitrogen and oxygen atoms in total. The first kappa shape index (κ1) is 6.55. The molecule has 1 rings (SSSR count). The van der Waals surface area contributed by atoms with Crippen molar-refractivity contribution in [3.05, 3.63) is 0 Å². The Kier molecular flexibility index (Phi) is 1.45. The average molecular weight is 128 g/mol. The van der Waals surface area contributed by atoms with Crippen LogP contribution in [0.25, 0.3) is 0 Å². The van der Waals surface area contributed by atoms with Gasteiger partial charge in [0.2, 0.25) is 5.91 Å². The molecule has 1 saturated heterocycles. The summed E-state index contributed by atoms with van der Waals surface area (Å²) in [5.74, 6) is 0.220. The van der Waals surface area contributed by atoms with Gasteiger partial charge in [-0.1, -0.05) is 0 Å². The zero-order valence-electron chi connectivity index (χ0n) is 6.09. The van der Waals surface area contributed by atoms with Gasteiger partial charge in [0, 0.05) is 20.6 Å². The van der Waals surface area contributed by atoms with E-state index in [4.69, 9.17) is 0 Å². The van der Waals surface area contributed by atoms with Crippen LogP contribution in [0, 0.1) is 0 Å².